The van der Waals surface area contributed by atoms with Crippen LogP contribution in [0, 0.1) is 6.92 Å². The molecule has 0 radical (unpaired) electrons. The maximum atomic E-state index is 12.4. The van der Waals surface area contributed by atoms with Crippen LogP contribution in [-0.4, -0.2) is 36.4 Å². The van der Waals surface area contributed by atoms with E-state index in [1.165, 1.54) is 23.1 Å². The molecule has 4 aromatic rings. The van der Waals surface area contributed by atoms with Crippen LogP contribution in [0.2, 0.25) is 0 Å². The molecule has 1 aromatic carbocycles. The number of hydrogen-bond donors (Lipinski definition) is 1. The molecule has 0 aliphatic heterocycles. The van der Waals surface area contributed by atoms with E-state index in [2.05, 4.69) is 25.5 Å². The van der Waals surface area contributed by atoms with Crippen molar-refractivity contribution in [3.8, 4) is 11.4 Å². The van der Waals surface area contributed by atoms with Gasteiger partial charge in [-0.1, -0.05) is 35.2 Å². The van der Waals surface area contributed by atoms with E-state index in [1.807, 2.05) is 48.7 Å². The van der Waals surface area contributed by atoms with E-state index >= 15 is 0 Å². The second kappa shape index (κ2) is 8.07. The fourth-order valence-electron chi connectivity index (χ4n) is 2.81. The van der Waals surface area contributed by atoms with Crippen molar-refractivity contribution in [2.24, 2.45) is 0 Å². The lowest BCUT2D eigenvalue weighted by Gasteiger charge is -2.06. The number of amides is 1. The van der Waals surface area contributed by atoms with Gasteiger partial charge in [0.1, 0.15) is 0 Å². The van der Waals surface area contributed by atoms with E-state index in [0.717, 1.165) is 27.2 Å². The van der Waals surface area contributed by atoms with Crippen LogP contribution in [0.4, 0.5) is 5.13 Å². The first-order chi connectivity index (χ1) is 13.7. The molecular formula is C19H18N6OS2. The van der Waals surface area contributed by atoms with Crippen LogP contribution in [0.3, 0.4) is 0 Å². The molecule has 28 heavy (non-hydrogen) atoms. The predicted molar refractivity (Wildman–Crippen MR) is 113 cm³/mol. The Morgan fingerprint density at radius 1 is 1.25 bits per heavy atom. The third-order valence-electron chi connectivity index (χ3n) is 4.15. The van der Waals surface area contributed by atoms with Crippen molar-refractivity contribution < 1.29 is 4.79 Å². The molecule has 3 heterocycles. The highest BCUT2D eigenvalue weighted by molar-refractivity contribution is 7.99. The highest BCUT2D eigenvalue weighted by Gasteiger charge is 2.15. The molecule has 1 N–H and O–H groups in total. The average molecular weight is 411 g/mol. The Kier molecular flexibility index (Phi) is 5.36. The number of anilines is 1. The molecule has 0 spiro atoms. The molecule has 0 unspecified atom stereocenters. The molecule has 0 bridgehead atoms. The Morgan fingerprint density at radius 3 is 2.89 bits per heavy atom. The number of aromatic nitrogens is 5. The fourth-order valence-corrected chi connectivity index (χ4v) is 4.58. The second-order valence-electron chi connectivity index (χ2n) is 6.07. The van der Waals surface area contributed by atoms with Crippen molar-refractivity contribution >= 4 is 44.4 Å². The van der Waals surface area contributed by atoms with Gasteiger partial charge in [-0.25, -0.2) is 4.98 Å². The molecule has 0 saturated carbocycles. The molecular weight excluding hydrogens is 392 g/mol. The quantitative estimate of drug-likeness (QED) is 0.484. The molecule has 1 amide bonds. The number of nitrogens with one attached hydrogen (secondary N) is 1. The molecule has 0 atom stereocenters. The number of thioether (sulfide) groups is 1. The molecule has 9 heteroatoms. The lowest BCUT2D eigenvalue weighted by atomic mass is 10.2. The zero-order chi connectivity index (χ0) is 19.5. The van der Waals surface area contributed by atoms with Gasteiger partial charge < -0.3 is 9.88 Å². The summed E-state index contributed by atoms with van der Waals surface area (Å²) in [7, 11) is 0. The summed E-state index contributed by atoms with van der Waals surface area (Å²) in [6.45, 7) is 4.75. The number of benzene rings is 1. The van der Waals surface area contributed by atoms with Gasteiger partial charge in [0.05, 0.1) is 16.0 Å². The normalized spacial score (nSPS) is 11.1. The fraction of sp³-hybridized carbons (Fsp3) is 0.211. The molecule has 0 saturated heterocycles. The highest BCUT2D eigenvalue weighted by Crippen LogP contribution is 2.28. The number of carbonyl (C=O) groups excluding carboxylic acids is 1. The summed E-state index contributed by atoms with van der Waals surface area (Å²) >= 11 is 2.84. The van der Waals surface area contributed by atoms with Crippen LogP contribution < -0.4 is 5.32 Å². The van der Waals surface area contributed by atoms with Gasteiger partial charge in [-0.05, 0) is 37.6 Å². The predicted octanol–water partition coefficient (Wildman–Crippen LogP) is 4.01. The number of thiazole rings is 1. The summed E-state index contributed by atoms with van der Waals surface area (Å²) < 4.78 is 3.05. The molecule has 142 valence electrons. The standard InChI is InChI=1S/C19H18N6OS2/c1-3-25-17(13-7-5-9-20-10-13)23-24-19(25)27-11-15(26)21-18-22-16-12(2)6-4-8-14(16)28-18/h4-10H,3,11H2,1-2H3,(H,21,22,26). The monoisotopic (exact) mass is 410 g/mol. The van der Waals surface area contributed by atoms with E-state index in [9.17, 15) is 4.79 Å². The molecule has 4 rings (SSSR count). The summed E-state index contributed by atoms with van der Waals surface area (Å²) in [4.78, 5) is 21.0. The Hall–Kier alpha value is -2.78. The van der Waals surface area contributed by atoms with Gasteiger partial charge in [0, 0.05) is 24.5 Å². The number of nitrogens with zero attached hydrogens (tertiary/aromatic N) is 5. The van der Waals surface area contributed by atoms with Crippen molar-refractivity contribution in [1.29, 1.82) is 0 Å². The van der Waals surface area contributed by atoms with E-state index in [0.29, 0.717) is 16.8 Å². The van der Waals surface area contributed by atoms with Gasteiger partial charge in [0.2, 0.25) is 5.91 Å². The van der Waals surface area contributed by atoms with Gasteiger partial charge in [-0.3, -0.25) is 9.78 Å². The van der Waals surface area contributed by atoms with E-state index in [1.54, 1.807) is 12.4 Å². The lowest BCUT2D eigenvalue weighted by molar-refractivity contribution is -0.113. The van der Waals surface area contributed by atoms with Gasteiger partial charge >= 0.3 is 0 Å². The first kappa shape index (κ1) is 18.6. The summed E-state index contributed by atoms with van der Waals surface area (Å²) in [5.41, 5.74) is 2.93. The van der Waals surface area contributed by atoms with Crippen molar-refractivity contribution in [3.63, 3.8) is 0 Å². The molecule has 3 aromatic heterocycles. The smallest absolute Gasteiger partial charge is 0.236 e. The van der Waals surface area contributed by atoms with E-state index in [4.69, 9.17) is 0 Å². The number of para-hydroxylation sites is 1. The van der Waals surface area contributed by atoms with Gasteiger partial charge in [0.15, 0.2) is 16.1 Å². The summed E-state index contributed by atoms with van der Waals surface area (Å²) in [6.07, 6.45) is 3.48. The van der Waals surface area contributed by atoms with Crippen LogP contribution >= 0.6 is 23.1 Å². The molecule has 7 nitrogen and oxygen atoms in total. The van der Waals surface area contributed by atoms with Gasteiger partial charge in [-0.2, -0.15) is 0 Å². The zero-order valence-corrected chi connectivity index (χ0v) is 17.0. The Balaban J connectivity index is 1.44. The number of aryl methyl sites for hydroxylation is 1. The largest absolute Gasteiger partial charge is 0.302 e. The van der Waals surface area contributed by atoms with Crippen LogP contribution in [0.15, 0.2) is 47.9 Å². The summed E-state index contributed by atoms with van der Waals surface area (Å²) in [5.74, 6) is 0.871. The van der Waals surface area contributed by atoms with E-state index < -0.39 is 0 Å². The van der Waals surface area contributed by atoms with Crippen molar-refractivity contribution in [1.82, 2.24) is 24.7 Å². The maximum absolute atomic E-state index is 12.4. The van der Waals surface area contributed by atoms with Crippen LogP contribution in [-0.2, 0) is 11.3 Å². The van der Waals surface area contributed by atoms with Crippen molar-refractivity contribution in [3.05, 3.63) is 48.3 Å². The number of rotatable bonds is 6. The third kappa shape index (κ3) is 3.76. The average Bonchev–Trinajstić information content (AvgIpc) is 3.31. The van der Waals surface area contributed by atoms with Crippen molar-refractivity contribution in [2.75, 3.05) is 11.1 Å². The van der Waals surface area contributed by atoms with E-state index in [-0.39, 0.29) is 11.7 Å². The number of hydrogen-bond acceptors (Lipinski definition) is 7. The minimum absolute atomic E-state index is 0.115. The summed E-state index contributed by atoms with van der Waals surface area (Å²) in [5, 5.41) is 12.7. The highest BCUT2D eigenvalue weighted by atomic mass is 32.2. The number of pyridine rings is 1. The molecule has 0 aliphatic carbocycles. The Labute approximate surface area is 170 Å². The summed E-state index contributed by atoms with van der Waals surface area (Å²) in [6, 6.07) is 9.83. The lowest BCUT2D eigenvalue weighted by Crippen LogP contribution is -2.14. The van der Waals surface area contributed by atoms with Gasteiger partial charge in [-0.15, -0.1) is 10.2 Å². The SMILES string of the molecule is CCn1c(SCC(=O)Nc2nc3c(C)cccc3s2)nnc1-c1cccnc1. The van der Waals surface area contributed by atoms with Gasteiger partial charge in [0.25, 0.3) is 0 Å². The topological polar surface area (TPSA) is 85.6 Å². The number of fused-ring (bicyclic) bond motifs is 1. The Morgan fingerprint density at radius 2 is 2.14 bits per heavy atom. The minimum Gasteiger partial charge on any atom is -0.302 e. The Bertz CT molecular complexity index is 1120. The van der Waals surface area contributed by atoms with Crippen LogP contribution in [0.1, 0.15) is 12.5 Å². The maximum Gasteiger partial charge on any atom is 0.236 e. The van der Waals surface area contributed by atoms with Crippen molar-refractivity contribution in [2.45, 2.75) is 25.5 Å². The minimum atomic E-state index is -0.115. The first-order valence-corrected chi connectivity index (χ1v) is 10.6. The third-order valence-corrected chi connectivity index (χ3v) is 6.06. The molecule has 0 aliphatic rings. The molecule has 0 fully saturated rings. The van der Waals surface area contributed by atoms with Crippen LogP contribution in [0.25, 0.3) is 21.6 Å². The number of carbonyl (C=O) groups is 1. The first-order valence-electron chi connectivity index (χ1n) is 8.78. The zero-order valence-electron chi connectivity index (χ0n) is 15.4. The second-order valence-corrected chi connectivity index (χ2v) is 8.04. The van der Waals surface area contributed by atoms with Crippen LogP contribution in [0.5, 0.6) is 0 Å².